The van der Waals surface area contributed by atoms with Crippen molar-refractivity contribution >= 4 is 27.3 Å². The number of imidazole rings is 1. The van der Waals surface area contributed by atoms with Gasteiger partial charge in [0.05, 0.1) is 0 Å². The first-order valence-electron chi connectivity index (χ1n) is 22.6. The van der Waals surface area contributed by atoms with E-state index in [9.17, 15) is 0 Å². The standard InChI is InChI=1S/C58H49N5O.Pt/c1-38(2)50-33-57(60-35-52(50)42-21-24-45(25-22-42)58(3,4)5)63-53-28-23-43(41-10-7-6-8-11-41)30-51(53)49-27-26-48(32-54(49)63)64-47-13-9-12-46(31-47)61-36-55-44-20-18-39-14-16-40(17-15-39)19-29-56(59-34-44)62(55)37-61;/h6-17,21-28,30,33-36,38H,18-20,29H2,1-5H3;/q-2;. The summed E-state index contributed by atoms with van der Waals surface area (Å²) >= 11 is 2.44. The van der Waals surface area contributed by atoms with E-state index >= 15 is 0 Å². The third-order valence-corrected chi connectivity index (χ3v) is 14.0. The molecule has 0 aliphatic carbocycles. The average Bonchev–Trinajstić information content (AvgIpc) is 3.84. The number of ether oxygens (including phenoxy) is 1. The van der Waals surface area contributed by atoms with Gasteiger partial charge in [-0.3, -0.25) is 0 Å². The molecule has 4 aliphatic heterocycles. The van der Waals surface area contributed by atoms with Gasteiger partial charge in [0.25, 0.3) is 0 Å². The van der Waals surface area contributed by atoms with Crippen molar-refractivity contribution in [3.63, 3.8) is 0 Å². The number of rotatable bonds is 7. The first kappa shape index (κ1) is 41.1. The number of fused-ring (bicyclic) bond motifs is 3. The molecule has 324 valence electrons. The fourth-order valence-corrected chi connectivity index (χ4v) is 10.3. The Morgan fingerprint density at radius 3 is 2.14 bits per heavy atom. The van der Waals surface area contributed by atoms with E-state index in [0.29, 0.717) is 11.5 Å². The molecule has 4 bridgehead atoms. The van der Waals surface area contributed by atoms with Crippen LogP contribution in [0.1, 0.15) is 74.2 Å². The summed E-state index contributed by atoms with van der Waals surface area (Å²) in [6.45, 7) is 11.3. The van der Waals surface area contributed by atoms with Gasteiger partial charge in [0.1, 0.15) is 0 Å². The number of pyridine rings is 1. The Morgan fingerprint density at radius 1 is 0.646 bits per heavy atom. The minimum Gasteiger partial charge on any atom is -0.0579 e. The van der Waals surface area contributed by atoms with Crippen LogP contribution in [0.3, 0.4) is 0 Å². The maximum absolute atomic E-state index is 6.71. The second-order valence-electron chi connectivity index (χ2n) is 18.6. The third kappa shape index (κ3) is 7.68. The normalized spacial score (nSPS) is 13.0. The second-order valence-corrected chi connectivity index (χ2v) is 19.6. The summed E-state index contributed by atoms with van der Waals surface area (Å²) in [6, 6.07) is 55.2. The molecule has 4 aliphatic rings. The molecule has 10 aromatic rings. The van der Waals surface area contributed by atoms with Crippen molar-refractivity contribution in [1.82, 2.24) is 23.5 Å². The summed E-state index contributed by atoms with van der Waals surface area (Å²) < 4.78 is 14.5. The van der Waals surface area contributed by atoms with Crippen LogP contribution in [0.2, 0.25) is 0 Å². The number of nitrogens with zero attached hydrogens (tertiary/aromatic N) is 5. The van der Waals surface area contributed by atoms with Crippen LogP contribution in [0.5, 0.6) is 11.5 Å². The van der Waals surface area contributed by atoms with Gasteiger partial charge in [0, 0.05) is 11.8 Å². The molecule has 14 rings (SSSR count). The van der Waals surface area contributed by atoms with Gasteiger partial charge in [-0.1, -0.05) is 95.3 Å². The van der Waals surface area contributed by atoms with Crippen molar-refractivity contribution in [2.24, 2.45) is 0 Å². The van der Waals surface area contributed by atoms with Crippen molar-refractivity contribution in [3.8, 4) is 45.3 Å². The summed E-state index contributed by atoms with van der Waals surface area (Å²) in [4.78, 5) is 10.2. The van der Waals surface area contributed by atoms with Crippen molar-refractivity contribution < 1.29 is 24.1 Å². The zero-order valence-electron chi connectivity index (χ0n) is 37.3. The van der Waals surface area contributed by atoms with Gasteiger partial charge in [0.2, 0.25) is 0 Å². The molecule has 65 heavy (non-hydrogen) atoms. The maximum atomic E-state index is 6.71. The molecule has 6 nitrogen and oxygen atoms in total. The quantitative estimate of drug-likeness (QED) is 0.150. The number of hydrogen-bond acceptors (Lipinski definition) is 3. The first-order valence-corrected chi connectivity index (χ1v) is 23.7. The fourth-order valence-electron chi connectivity index (χ4n) is 9.34. The van der Waals surface area contributed by atoms with Crippen molar-refractivity contribution in [2.45, 2.75) is 71.6 Å². The molecule has 0 spiro atoms. The first-order chi connectivity index (χ1) is 31.6. The SMILES string of the molecule is CC(C)c1cc(-n2c3[c-]c(Oc4[c-]c(-n5cc6c7cnc(n6[c]5=[Pt])CCc5ccc(cc5)CC7)ccc4)ccc3c3cc(-c4ccccc4)ccc32)ncc1-c1ccc(C(C)(C)C)cc1. The summed E-state index contributed by atoms with van der Waals surface area (Å²) in [6.07, 6.45) is 10.0. The van der Waals surface area contributed by atoms with Crippen LogP contribution in [0.4, 0.5) is 0 Å². The minimum absolute atomic E-state index is 0.0824. The average molecular weight is 1030 g/mol. The molecule has 6 aromatic carbocycles. The summed E-state index contributed by atoms with van der Waals surface area (Å²) in [5, 5.41) is 2.21. The molecule has 0 fully saturated rings. The zero-order valence-corrected chi connectivity index (χ0v) is 39.6. The van der Waals surface area contributed by atoms with Crippen molar-refractivity contribution in [2.75, 3.05) is 0 Å². The molecule has 8 heterocycles. The Balaban J connectivity index is 0.995. The number of hydrogen-bond donors (Lipinski definition) is 0. The number of aryl methyl sites for hydroxylation is 4. The van der Waals surface area contributed by atoms with Gasteiger partial charge >= 0.3 is 247 Å². The Kier molecular flexibility index (Phi) is 10.4. The Bertz CT molecular complexity index is 3480. The Labute approximate surface area is 391 Å². The molecule has 0 amide bonds. The van der Waals surface area contributed by atoms with E-state index in [1.807, 2.05) is 24.4 Å². The number of aromatic nitrogens is 5. The Hall–Kier alpha value is -6.62. The summed E-state index contributed by atoms with van der Waals surface area (Å²) in [5.41, 5.74) is 15.2. The van der Waals surface area contributed by atoms with Gasteiger partial charge < -0.3 is 0 Å². The van der Waals surface area contributed by atoms with E-state index in [1.54, 1.807) is 0 Å². The van der Waals surface area contributed by atoms with Gasteiger partial charge in [-0.2, -0.15) is 0 Å². The molecule has 0 atom stereocenters. The van der Waals surface area contributed by atoms with Gasteiger partial charge in [0.15, 0.2) is 0 Å². The molecule has 7 heteroatoms. The second kappa shape index (κ2) is 16.4. The fraction of sp³-hybridized carbons (Fsp3) is 0.190. The van der Waals surface area contributed by atoms with E-state index in [2.05, 4.69) is 207 Å². The Morgan fingerprint density at radius 2 is 1.38 bits per heavy atom. The van der Waals surface area contributed by atoms with Gasteiger partial charge in [-0.05, 0) is 39.2 Å². The molecule has 0 radical (unpaired) electrons. The molecule has 4 aromatic heterocycles. The van der Waals surface area contributed by atoms with E-state index < -0.39 is 0 Å². The van der Waals surface area contributed by atoms with Crippen LogP contribution in [0.15, 0.2) is 152 Å². The molecular formula is C58H49N5OPt-2. The molecule has 0 saturated carbocycles. The number of benzene rings is 6. The van der Waals surface area contributed by atoms with E-state index in [0.717, 1.165) is 79.8 Å². The van der Waals surface area contributed by atoms with Crippen LogP contribution in [-0.4, -0.2) is 23.5 Å². The van der Waals surface area contributed by atoms with Gasteiger partial charge in [-0.15, -0.1) is 0 Å². The topological polar surface area (TPSA) is 49.3 Å². The van der Waals surface area contributed by atoms with Crippen molar-refractivity contribution in [1.29, 1.82) is 0 Å². The van der Waals surface area contributed by atoms with E-state index in [1.165, 1.54) is 44.5 Å². The summed E-state index contributed by atoms with van der Waals surface area (Å²) in [7, 11) is 0. The predicted molar refractivity (Wildman–Crippen MR) is 259 cm³/mol. The van der Waals surface area contributed by atoms with E-state index in [-0.39, 0.29) is 11.3 Å². The van der Waals surface area contributed by atoms with Crippen LogP contribution in [0.25, 0.3) is 61.1 Å². The minimum atomic E-state index is 0.0824. The zero-order chi connectivity index (χ0) is 44.4. The molecule has 0 N–H and O–H groups in total. The molecular weight excluding hydrogens is 978 g/mol. The molecule has 0 unspecified atom stereocenters. The monoisotopic (exact) mass is 1030 g/mol. The van der Waals surface area contributed by atoms with Crippen LogP contribution in [-0.2, 0) is 50.5 Å². The van der Waals surface area contributed by atoms with E-state index in [4.69, 9.17) is 14.7 Å². The predicted octanol–water partition coefficient (Wildman–Crippen LogP) is 13.7. The van der Waals surface area contributed by atoms with Crippen LogP contribution < -0.4 is 4.74 Å². The van der Waals surface area contributed by atoms with Crippen LogP contribution >= 0.6 is 0 Å². The smallest absolute Gasteiger partial charge is 0.0579 e. The van der Waals surface area contributed by atoms with Crippen LogP contribution in [0, 0.1) is 15.9 Å². The summed E-state index contributed by atoms with van der Waals surface area (Å²) in [5.74, 6) is 3.38. The third-order valence-electron chi connectivity index (χ3n) is 13.0. The molecule has 0 saturated heterocycles. The van der Waals surface area contributed by atoms with Crippen molar-refractivity contribution in [3.05, 3.63) is 202 Å². The van der Waals surface area contributed by atoms with Gasteiger partial charge in [-0.25, -0.2) is 0 Å².